The first-order chi connectivity index (χ1) is 13.9. The SMILES string of the molecule is Cc1ccc(-n2nc(C)c(NC(=O)c3ccc(-c4ccc(Cl)cc4)o3)c2C)cc1. The number of benzene rings is 2. The summed E-state index contributed by atoms with van der Waals surface area (Å²) in [4.78, 5) is 12.7. The van der Waals surface area contributed by atoms with Crippen molar-refractivity contribution in [3.63, 3.8) is 0 Å². The Hall–Kier alpha value is -3.31. The average molecular weight is 406 g/mol. The highest BCUT2D eigenvalue weighted by Crippen LogP contribution is 2.26. The number of nitrogens with zero attached hydrogens (tertiary/aromatic N) is 2. The minimum Gasteiger partial charge on any atom is -0.451 e. The fraction of sp³-hybridized carbons (Fsp3) is 0.130. The van der Waals surface area contributed by atoms with E-state index >= 15 is 0 Å². The molecule has 0 aliphatic carbocycles. The summed E-state index contributed by atoms with van der Waals surface area (Å²) in [5.41, 5.74) is 5.25. The molecule has 2 aromatic heterocycles. The number of aromatic nitrogens is 2. The van der Waals surface area contributed by atoms with Gasteiger partial charge in [-0.05, 0) is 69.3 Å². The van der Waals surface area contributed by atoms with Crippen molar-refractivity contribution in [3.8, 4) is 17.0 Å². The van der Waals surface area contributed by atoms with Crippen LogP contribution in [-0.4, -0.2) is 15.7 Å². The quantitative estimate of drug-likeness (QED) is 0.455. The lowest BCUT2D eigenvalue weighted by Crippen LogP contribution is -2.12. The Morgan fingerprint density at radius 2 is 1.66 bits per heavy atom. The molecule has 5 nitrogen and oxygen atoms in total. The molecular weight excluding hydrogens is 386 g/mol. The van der Waals surface area contributed by atoms with Crippen LogP contribution in [0.25, 0.3) is 17.0 Å². The van der Waals surface area contributed by atoms with E-state index in [0.29, 0.717) is 16.5 Å². The minimum absolute atomic E-state index is 0.233. The maximum atomic E-state index is 12.7. The van der Waals surface area contributed by atoms with Crippen LogP contribution in [0.15, 0.2) is 65.1 Å². The largest absolute Gasteiger partial charge is 0.451 e. The molecule has 0 atom stereocenters. The van der Waals surface area contributed by atoms with E-state index in [1.54, 1.807) is 24.3 Å². The van der Waals surface area contributed by atoms with Gasteiger partial charge in [0, 0.05) is 10.6 Å². The number of nitrogens with one attached hydrogen (secondary N) is 1. The smallest absolute Gasteiger partial charge is 0.291 e. The van der Waals surface area contributed by atoms with Crippen LogP contribution in [0, 0.1) is 20.8 Å². The molecule has 0 saturated carbocycles. The summed E-state index contributed by atoms with van der Waals surface area (Å²) >= 11 is 5.93. The fourth-order valence-electron chi connectivity index (χ4n) is 3.17. The molecule has 29 heavy (non-hydrogen) atoms. The minimum atomic E-state index is -0.320. The predicted molar refractivity (Wildman–Crippen MR) is 115 cm³/mol. The van der Waals surface area contributed by atoms with Crippen molar-refractivity contribution in [2.24, 2.45) is 0 Å². The van der Waals surface area contributed by atoms with Crippen LogP contribution >= 0.6 is 11.6 Å². The van der Waals surface area contributed by atoms with Gasteiger partial charge in [-0.2, -0.15) is 5.10 Å². The van der Waals surface area contributed by atoms with E-state index in [1.807, 2.05) is 61.9 Å². The maximum absolute atomic E-state index is 12.7. The highest BCUT2D eigenvalue weighted by atomic mass is 35.5. The van der Waals surface area contributed by atoms with E-state index < -0.39 is 0 Å². The van der Waals surface area contributed by atoms with E-state index in [-0.39, 0.29) is 11.7 Å². The number of furan rings is 1. The molecular formula is C23H20ClN3O2. The lowest BCUT2D eigenvalue weighted by atomic mass is 10.2. The van der Waals surface area contributed by atoms with Crippen molar-refractivity contribution in [1.82, 2.24) is 9.78 Å². The van der Waals surface area contributed by atoms with E-state index in [4.69, 9.17) is 16.0 Å². The number of amides is 1. The molecule has 0 bridgehead atoms. The summed E-state index contributed by atoms with van der Waals surface area (Å²) in [6, 6.07) is 18.8. The summed E-state index contributed by atoms with van der Waals surface area (Å²) in [6.07, 6.45) is 0. The highest BCUT2D eigenvalue weighted by molar-refractivity contribution is 6.30. The van der Waals surface area contributed by atoms with Crippen LogP contribution in [-0.2, 0) is 0 Å². The second kappa shape index (κ2) is 7.60. The molecule has 0 unspecified atom stereocenters. The molecule has 0 radical (unpaired) electrons. The zero-order valence-corrected chi connectivity index (χ0v) is 17.1. The van der Waals surface area contributed by atoms with Crippen LogP contribution in [0.1, 0.15) is 27.5 Å². The topological polar surface area (TPSA) is 60.1 Å². The second-order valence-corrected chi connectivity index (χ2v) is 7.35. The lowest BCUT2D eigenvalue weighted by Gasteiger charge is -2.06. The van der Waals surface area contributed by atoms with Gasteiger partial charge in [-0.25, -0.2) is 4.68 Å². The van der Waals surface area contributed by atoms with Crippen molar-refractivity contribution < 1.29 is 9.21 Å². The Morgan fingerprint density at radius 3 is 2.34 bits per heavy atom. The zero-order valence-electron chi connectivity index (χ0n) is 16.4. The number of hydrogen-bond acceptors (Lipinski definition) is 3. The highest BCUT2D eigenvalue weighted by Gasteiger charge is 2.18. The first-order valence-electron chi connectivity index (χ1n) is 9.23. The Labute approximate surface area is 173 Å². The molecule has 6 heteroatoms. The van der Waals surface area contributed by atoms with Gasteiger partial charge in [-0.15, -0.1) is 0 Å². The van der Waals surface area contributed by atoms with Gasteiger partial charge >= 0.3 is 0 Å². The van der Waals surface area contributed by atoms with Crippen LogP contribution in [0.3, 0.4) is 0 Å². The Morgan fingerprint density at radius 1 is 0.966 bits per heavy atom. The third kappa shape index (κ3) is 3.82. The summed E-state index contributed by atoms with van der Waals surface area (Å²) in [6.45, 7) is 5.84. The van der Waals surface area contributed by atoms with Crippen molar-refractivity contribution in [3.05, 3.63) is 88.4 Å². The number of anilines is 1. The van der Waals surface area contributed by atoms with Crippen LogP contribution < -0.4 is 5.32 Å². The van der Waals surface area contributed by atoms with E-state index in [2.05, 4.69) is 10.4 Å². The summed E-state index contributed by atoms with van der Waals surface area (Å²) in [5, 5.41) is 8.16. The summed E-state index contributed by atoms with van der Waals surface area (Å²) < 4.78 is 7.57. The Balaban J connectivity index is 1.57. The average Bonchev–Trinajstić information content (AvgIpc) is 3.30. The Kier molecular flexibility index (Phi) is 4.99. The second-order valence-electron chi connectivity index (χ2n) is 6.92. The van der Waals surface area contributed by atoms with Crippen LogP contribution in [0.4, 0.5) is 5.69 Å². The van der Waals surface area contributed by atoms with Crippen LogP contribution in [0.2, 0.25) is 5.02 Å². The van der Waals surface area contributed by atoms with Crippen molar-refractivity contribution >= 4 is 23.2 Å². The molecule has 4 aromatic rings. The number of carbonyl (C=O) groups excluding carboxylic acids is 1. The van der Waals surface area contributed by atoms with Crippen molar-refractivity contribution in [2.45, 2.75) is 20.8 Å². The first-order valence-corrected chi connectivity index (χ1v) is 9.60. The van der Waals surface area contributed by atoms with E-state index in [1.165, 1.54) is 5.56 Å². The van der Waals surface area contributed by atoms with Crippen molar-refractivity contribution in [1.29, 1.82) is 0 Å². The fourth-order valence-corrected chi connectivity index (χ4v) is 3.29. The molecule has 0 aliphatic rings. The molecule has 2 heterocycles. The Bertz CT molecular complexity index is 1170. The molecule has 0 fully saturated rings. The standard InChI is InChI=1S/C23H20ClN3O2/c1-14-4-10-19(11-5-14)27-16(3)22(15(2)26-27)25-23(28)21-13-12-20(29-21)17-6-8-18(24)9-7-17/h4-13H,1-3H3,(H,25,28). The summed E-state index contributed by atoms with van der Waals surface area (Å²) in [7, 11) is 0. The zero-order chi connectivity index (χ0) is 20.5. The monoisotopic (exact) mass is 405 g/mol. The van der Waals surface area contributed by atoms with E-state index in [0.717, 1.165) is 22.6 Å². The molecule has 0 aliphatic heterocycles. The predicted octanol–water partition coefficient (Wildman–Crippen LogP) is 5.96. The van der Waals surface area contributed by atoms with Gasteiger partial charge in [0.25, 0.3) is 5.91 Å². The van der Waals surface area contributed by atoms with Crippen LogP contribution in [0.5, 0.6) is 0 Å². The number of rotatable bonds is 4. The lowest BCUT2D eigenvalue weighted by molar-refractivity contribution is 0.0997. The van der Waals surface area contributed by atoms with Gasteiger partial charge in [-0.1, -0.05) is 29.3 Å². The van der Waals surface area contributed by atoms with Gasteiger partial charge in [0.2, 0.25) is 0 Å². The third-order valence-electron chi connectivity index (χ3n) is 4.77. The third-order valence-corrected chi connectivity index (χ3v) is 5.02. The maximum Gasteiger partial charge on any atom is 0.291 e. The molecule has 0 saturated heterocycles. The normalized spacial score (nSPS) is 10.9. The van der Waals surface area contributed by atoms with Crippen molar-refractivity contribution in [2.75, 3.05) is 5.32 Å². The molecule has 146 valence electrons. The number of hydrogen-bond donors (Lipinski definition) is 1. The molecule has 1 amide bonds. The van der Waals surface area contributed by atoms with Gasteiger partial charge in [0.05, 0.1) is 22.8 Å². The van der Waals surface area contributed by atoms with Gasteiger partial charge in [0.1, 0.15) is 5.76 Å². The number of halogens is 1. The molecule has 1 N–H and O–H groups in total. The first kappa shape index (κ1) is 19.0. The molecule has 0 spiro atoms. The summed E-state index contributed by atoms with van der Waals surface area (Å²) in [5.74, 6) is 0.521. The van der Waals surface area contributed by atoms with Gasteiger partial charge < -0.3 is 9.73 Å². The number of carbonyl (C=O) groups is 1. The van der Waals surface area contributed by atoms with E-state index in [9.17, 15) is 4.79 Å². The number of aryl methyl sites for hydroxylation is 2. The van der Waals surface area contributed by atoms with Gasteiger partial charge in [0.15, 0.2) is 5.76 Å². The molecule has 4 rings (SSSR count). The molecule has 2 aromatic carbocycles. The van der Waals surface area contributed by atoms with Gasteiger partial charge in [-0.3, -0.25) is 4.79 Å².